The second-order valence-corrected chi connectivity index (χ2v) is 7.02. The molecule has 0 saturated heterocycles. The number of rotatable bonds is 7. The lowest BCUT2D eigenvalue weighted by Crippen LogP contribution is -2.28. The normalized spacial score (nSPS) is 11.5. The van der Waals surface area contributed by atoms with Crippen LogP contribution in [0.5, 0.6) is 0 Å². The SMILES string of the molecule is COC(=O)c1cccc2cn(-c3ccc(CN(C)CCN(C)C)cc3)nc12. The lowest BCUT2D eigenvalue weighted by atomic mass is 10.1. The minimum absolute atomic E-state index is 0.373. The first-order chi connectivity index (χ1) is 13.0. The summed E-state index contributed by atoms with van der Waals surface area (Å²) in [5, 5.41) is 5.50. The Balaban J connectivity index is 1.78. The van der Waals surface area contributed by atoms with E-state index in [1.54, 1.807) is 10.7 Å². The number of hydrogen-bond acceptors (Lipinski definition) is 5. The third-order valence-corrected chi connectivity index (χ3v) is 4.52. The molecule has 1 heterocycles. The maximum absolute atomic E-state index is 11.9. The molecule has 1 aromatic heterocycles. The molecule has 142 valence electrons. The zero-order valence-corrected chi connectivity index (χ0v) is 16.3. The second-order valence-electron chi connectivity index (χ2n) is 7.02. The maximum Gasteiger partial charge on any atom is 0.340 e. The van der Waals surface area contributed by atoms with E-state index in [0.29, 0.717) is 11.1 Å². The molecular weight excluding hydrogens is 340 g/mol. The van der Waals surface area contributed by atoms with Gasteiger partial charge in [-0.1, -0.05) is 24.3 Å². The zero-order chi connectivity index (χ0) is 19.4. The number of fused-ring (bicyclic) bond motifs is 1. The lowest BCUT2D eigenvalue weighted by Gasteiger charge is -2.19. The van der Waals surface area contributed by atoms with Crippen LogP contribution in [-0.4, -0.2) is 66.9 Å². The Morgan fingerprint density at radius 2 is 1.81 bits per heavy atom. The molecule has 0 bridgehead atoms. The number of nitrogens with zero attached hydrogens (tertiary/aromatic N) is 4. The van der Waals surface area contributed by atoms with Gasteiger partial charge >= 0.3 is 5.97 Å². The number of likely N-dealkylation sites (N-methyl/N-ethyl adjacent to an activating group) is 2. The van der Waals surface area contributed by atoms with Gasteiger partial charge in [0.1, 0.15) is 5.52 Å². The van der Waals surface area contributed by atoms with Crippen LogP contribution in [0.2, 0.25) is 0 Å². The van der Waals surface area contributed by atoms with Crippen molar-refractivity contribution in [3.05, 3.63) is 59.8 Å². The van der Waals surface area contributed by atoms with Crippen LogP contribution >= 0.6 is 0 Å². The Morgan fingerprint density at radius 3 is 2.48 bits per heavy atom. The third-order valence-electron chi connectivity index (χ3n) is 4.52. The fourth-order valence-electron chi connectivity index (χ4n) is 2.97. The predicted octanol–water partition coefficient (Wildman–Crippen LogP) is 2.81. The van der Waals surface area contributed by atoms with Crippen molar-refractivity contribution in [2.24, 2.45) is 0 Å². The van der Waals surface area contributed by atoms with Gasteiger partial charge in [0, 0.05) is 31.2 Å². The van der Waals surface area contributed by atoms with Gasteiger partial charge in [0.15, 0.2) is 0 Å². The lowest BCUT2D eigenvalue weighted by molar-refractivity contribution is 0.0602. The summed E-state index contributed by atoms with van der Waals surface area (Å²) in [6.07, 6.45) is 1.93. The molecule has 0 unspecified atom stereocenters. The van der Waals surface area contributed by atoms with Gasteiger partial charge in [0.2, 0.25) is 0 Å². The maximum atomic E-state index is 11.9. The van der Waals surface area contributed by atoms with Gasteiger partial charge in [0.05, 0.1) is 18.4 Å². The molecular formula is C21H26N4O2. The van der Waals surface area contributed by atoms with E-state index in [1.807, 2.05) is 18.3 Å². The van der Waals surface area contributed by atoms with Crippen molar-refractivity contribution >= 4 is 16.9 Å². The van der Waals surface area contributed by atoms with E-state index in [1.165, 1.54) is 12.7 Å². The molecule has 27 heavy (non-hydrogen) atoms. The zero-order valence-electron chi connectivity index (χ0n) is 16.3. The van der Waals surface area contributed by atoms with Gasteiger partial charge in [-0.05, 0) is 44.9 Å². The van der Waals surface area contributed by atoms with Gasteiger partial charge in [-0.25, -0.2) is 9.48 Å². The molecule has 0 aliphatic rings. The molecule has 0 aliphatic carbocycles. The quantitative estimate of drug-likeness (QED) is 0.602. The number of esters is 1. The summed E-state index contributed by atoms with van der Waals surface area (Å²) in [7, 11) is 7.68. The Morgan fingerprint density at radius 1 is 1.07 bits per heavy atom. The molecule has 6 heteroatoms. The van der Waals surface area contributed by atoms with Crippen LogP contribution in [0.25, 0.3) is 16.6 Å². The Bertz CT molecular complexity index is 916. The van der Waals surface area contributed by atoms with Gasteiger partial charge in [0.25, 0.3) is 0 Å². The summed E-state index contributed by atoms with van der Waals surface area (Å²) >= 11 is 0. The third kappa shape index (κ3) is 4.53. The predicted molar refractivity (Wildman–Crippen MR) is 107 cm³/mol. The molecule has 2 aromatic carbocycles. The molecule has 0 N–H and O–H groups in total. The van der Waals surface area contributed by atoms with Crippen molar-refractivity contribution in [3.8, 4) is 5.69 Å². The van der Waals surface area contributed by atoms with Crippen molar-refractivity contribution < 1.29 is 9.53 Å². The van der Waals surface area contributed by atoms with Crippen LogP contribution in [0, 0.1) is 0 Å². The number of benzene rings is 2. The van der Waals surface area contributed by atoms with E-state index in [9.17, 15) is 4.79 Å². The Kier molecular flexibility index (Phi) is 5.88. The Hall–Kier alpha value is -2.70. The molecule has 0 atom stereocenters. The van der Waals surface area contributed by atoms with E-state index in [4.69, 9.17) is 4.74 Å². The highest BCUT2D eigenvalue weighted by Crippen LogP contribution is 2.20. The molecule has 0 saturated carbocycles. The summed E-state index contributed by atoms with van der Waals surface area (Å²) in [4.78, 5) is 16.4. The van der Waals surface area contributed by atoms with Gasteiger partial charge in [-0.2, -0.15) is 5.10 Å². The van der Waals surface area contributed by atoms with Crippen LogP contribution in [0.15, 0.2) is 48.7 Å². The average molecular weight is 366 g/mol. The minimum Gasteiger partial charge on any atom is -0.465 e. The molecule has 0 aliphatic heterocycles. The Labute approximate surface area is 159 Å². The minimum atomic E-state index is -0.373. The molecule has 0 radical (unpaired) electrons. The van der Waals surface area contributed by atoms with Crippen LogP contribution in [0.3, 0.4) is 0 Å². The number of hydrogen-bond donors (Lipinski definition) is 0. The molecule has 6 nitrogen and oxygen atoms in total. The number of carbonyl (C=O) groups is 1. The highest BCUT2D eigenvalue weighted by molar-refractivity contribution is 6.02. The highest BCUT2D eigenvalue weighted by Gasteiger charge is 2.13. The van der Waals surface area contributed by atoms with E-state index in [0.717, 1.165) is 30.7 Å². The topological polar surface area (TPSA) is 50.6 Å². The van der Waals surface area contributed by atoms with Gasteiger partial charge < -0.3 is 14.5 Å². The van der Waals surface area contributed by atoms with E-state index in [-0.39, 0.29) is 5.97 Å². The fraction of sp³-hybridized carbons (Fsp3) is 0.333. The second kappa shape index (κ2) is 8.33. The first-order valence-corrected chi connectivity index (χ1v) is 8.97. The largest absolute Gasteiger partial charge is 0.465 e. The van der Waals surface area contributed by atoms with Crippen molar-refractivity contribution in [1.82, 2.24) is 19.6 Å². The highest BCUT2D eigenvalue weighted by atomic mass is 16.5. The summed E-state index contributed by atoms with van der Waals surface area (Å²) in [5.74, 6) is -0.373. The van der Waals surface area contributed by atoms with Gasteiger partial charge in [-0.3, -0.25) is 0 Å². The number of aromatic nitrogens is 2. The van der Waals surface area contributed by atoms with Crippen molar-refractivity contribution in [3.63, 3.8) is 0 Å². The first-order valence-electron chi connectivity index (χ1n) is 8.97. The van der Waals surface area contributed by atoms with Crippen molar-refractivity contribution in [1.29, 1.82) is 0 Å². The first kappa shape index (κ1) is 19.1. The van der Waals surface area contributed by atoms with E-state index < -0.39 is 0 Å². The van der Waals surface area contributed by atoms with Crippen LogP contribution in [-0.2, 0) is 11.3 Å². The van der Waals surface area contributed by atoms with Crippen LogP contribution in [0.1, 0.15) is 15.9 Å². The summed E-state index contributed by atoms with van der Waals surface area (Å²) in [6, 6.07) is 13.9. The molecule has 3 rings (SSSR count). The van der Waals surface area contributed by atoms with Crippen LogP contribution in [0.4, 0.5) is 0 Å². The van der Waals surface area contributed by atoms with E-state index in [2.05, 4.69) is 60.3 Å². The summed E-state index contributed by atoms with van der Waals surface area (Å²) < 4.78 is 6.65. The standard InChI is InChI=1S/C21H26N4O2/c1-23(2)12-13-24(3)14-16-8-10-18(11-9-16)25-15-17-6-5-7-19(20(17)22-25)21(26)27-4/h5-11,15H,12-14H2,1-4H3. The van der Waals surface area contributed by atoms with Gasteiger partial charge in [-0.15, -0.1) is 0 Å². The van der Waals surface area contributed by atoms with Crippen LogP contribution < -0.4 is 0 Å². The molecule has 3 aromatic rings. The fourth-order valence-corrected chi connectivity index (χ4v) is 2.97. The number of carbonyl (C=O) groups excluding carboxylic acids is 1. The summed E-state index contributed by atoms with van der Waals surface area (Å²) in [6.45, 7) is 2.97. The van der Waals surface area contributed by atoms with E-state index >= 15 is 0 Å². The molecule has 0 fully saturated rings. The molecule has 0 spiro atoms. The number of methoxy groups -OCH3 is 1. The van der Waals surface area contributed by atoms with Crippen molar-refractivity contribution in [2.45, 2.75) is 6.54 Å². The summed E-state index contributed by atoms with van der Waals surface area (Å²) in [5.41, 5.74) is 3.35. The monoisotopic (exact) mass is 366 g/mol. The smallest absolute Gasteiger partial charge is 0.340 e. The van der Waals surface area contributed by atoms with Crippen molar-refractivity contribution in [2.75, 3.05) is 41.3 Å². The number of ether oxygens (including phenoxy) is 1. The average Bonchev–Trinajstić information content (AvgIpc) is 3.10. The molecule has 0 amide bonds.